The molecule has 8 heteroatoms. The van der Waals surface area contributed by atoms with Crippen molar-refractivity contribution in [2.75, 3.05) is 42.9 Å². The van der Waals surface area contributed by atoms with Gasteiger partial charge in [0.2, 0.25) is 5.91 Å². The number of rotatable bonds is 7. The highest BCUT2D eigenvalue weighted by atomic mass is 127. The smallest absolute Gasteiger partial charge is 0.224 e. The summed E-state index contributed by atoms with van der Waals surface area (Å²) in [6.07, 6.45) is 3.22. The number of nitrogens with one attached hydrogen (secondary N) is 2. The van der Waals surface area contributed by atoms with E-state index in [9.17, 15) is 4.79 Å². The average molecular weight is 536 g/mol. The molecule has 0 radical (unpaired) electrons. The second-order valence-electron chi connectivity index (χ2n) is 7.33. The van der Waals surface area contributed by atoms with Crippen LogP contribution in [0.4, 0.5) is 11.5 Å². The number of aliphatic imine (C=N–C) groups is 1. The minimum Gasteiger partial charge on any atom is -0.357 e. The van der Waals surface area contributed by atoms with Gasteiger partial charge in [0.25, 0.3) is 0 Å². The molecule has 1 aromatic carbocycles. The van der Waals surface area contributed by atoms with Crippen LogP contribution in [0.25, 0.3) is 0 Å². The van der Waals surface area contributed by atoms with Crippen LogP contribution in [-0.4, -0.2) is 54.5 Å². The normalized spacial score (nSPS) is 14.1. The molecule has 0 saturated carbocycles. The number of aromatic nitrogens is 1. The zero-order valence-corrected chi connectivity index (χ0v) is 20.7. The van der Waals surface area contributed by atoms with Crippen LogP contribution in [0.2, 0.25) is 0 Å². The predicted molar refractivity (Wildman–Crippen MR) is 138 cm³/mol. The van der Waals surface area contributed by atoms with Crippen molar-refractivity contribution in [3.05, 3.63) is 54.2 Å². The van der Waals surface area contributed by atoms with Crippen LogP contribution >= 0.6 is 24.0 Å². The van der Waals surface area contributed by atoms with E-state index in [2.05, 4.69) is 38.4 Å². The lowest BCUT2D eigenvalue weighted by atomic mass is 10.2. The summed E-state index contributed by atoms with van der Waals surface area (Å²) >= 11 is 0. The van der Waals surface area contributed by atoms with Gasteiger partial charge in [-0.2, -0.15) is 0 Å². The average Bonchev–Trinajstić information content (AvgIpc) is 2.78. The highest BCUT2D eigenvalue weighted by molar-refractivity contribution is 14.0. The maximum Gasteiger partial charge on any atom is 0.224 e. The molecule has 2 heterocycles. The fourth-order valence-corrected chi connectivity index (χ4v) is 3.48. The molecule has 1 saturated heterocycles. The molecule has 168 valence electrons. The minimum atomic E-state index is 0. The van der Waals surface area contributed by atoms with Crippen molar-refractivity contribution in [3.63, 3.8) is 0 Å². The summed E-state index contributed by atoms with van der Waals surface area (Å²) in [4.78, 5) is 25.8. The van der Waals surface area contributed by atoms with Gasteiger partial charge in [-0.05, 0) is 43.2 Å². The standard InChI is InChI=1S/C23H32N6O.HI/c1-3-8-22(30)27-20-10-7-9-19(17-20)18-26-23(24-4-2)29-15-13-28(14-16-29)21-11-5-6-12-25-21;/h5-7,9-12,17H,3-4,8,13-16,18H2,1-2H3,(H,24,26)(H,27,30);1H. The molecule has 0 spiro atoms. The predicted octanol–water partition coefficient (Wildman–Crippen LogP) is 3.73. The first-order chi connectivity index (χ1) is 14.7. The Kier molecular flexibility index (Phi) is 10.6. The Bertz CT molecular complexity index is 837. The first kappa shape index (κ1) is 24.9. The van der Waals surface area contributed by atoms with Gasteiger partial charge in [-0.15, -0.1) is 24.0 Å². The summed E-state index contributed by atoms with van der Waals surface area (Å²) < 4.78 is 0. The number of hydrogen-bond donors (Lipinski definition) is 2. The lowest BCUT2D eigenvalue weighted by Crippen LogP contribution is -2.52. The molecule has 3 rings (SSSR count). The Morgan fingerprint density at radius 2 is 1.90 bits per heavy atom. The van der Waals surface area contributed by atoms with E-state index >= 15 is 0 Å². The van der Waals surface area contributed by atoms with Crippen molar-refractivity contribution >= 4 is 47.3 Å². The van der Waals surface area contributed by atoms with Gasteiger partial charge in [0.05, 0.1) is 6.54 Å². The third-order valence-electron chi connectivity index (χ3n) is 4.99. The molecule has 1 aliphatic heterocycles. The van der Waals surface area contributed by atoms with Crippen LogP contribution < -0.4 is 15.5 Å². The van der Waals surface area contributed by atoms with Crippen LogP contribution in [-0.2, 0) is 11.3 Å². The van der Waals surface area contributed by atoms with E-state index in [1.54, 1.807) is 0 Å². The third-order valence-corrected chi connectivity index (χ3v) is 4.99. The molecule has 31 heavy (non-hydrogen) atoms. The first-order valence-corrected chi connectivity index (χ1v) is 10.8. The summed E-state index contributed by atoms with van der Waals surface area (Å²) in [6.45, 7) is 9.12. The SMILES string of the molecule is CCCC(=O)Nc1cccc(CN=C(NCC)N2CCN(c3ccccn3)CC2)c1.I. The number of anilines is 2. The zero-order valence-electron chi connectivity index (χ0n) is 18.4. The number of nitrogens with zero attached hydrogens (tertiary/aromatic N) is 4. The van der Waals surface area contributed by atoms with E-state index in [1.165, 1.54) is 0 Å². The third kappa shape index (κ3) is 7.68. The molecule has 0 unspecified atom stereocenters. The topological polar surface area (TPSA) is 72.9 Å². The Labute approximate surface area is 202 Å². The lowest BCUT2D eigenvalue weighted by Gasteiger charge is -2.37. The number of carbonyl (C=O) groups is 1. The van der Waals surface area contributed by atoms with Crippen LogP contribution in [0.1, 0.15) is 32.3 Å². The second kappa shape index (κ2) is 13.1. The number of piperazine rings is 1. The number of benzene rings is 1. The Morgan fingerprint density at radius 1 is 1.10 bits per heavy atom. The number of amides is 1. The number of guanidine groups is 1. The second-order valence-corrected chi connectivity index (χ2v) is 7.33. The van der Waals surface area contributed by atoms with Crippen molar-refractivity contribution < 1.29 is 4.79 Å². The fraction of sp³-hybridized carbons (Fsp3) is 0.435. The fourth-order valence-electron chi connectivity index (χ4n) is 3.48. The molecule has 2 aromatic rings. The largest absolute Gasteiger partial charge is 0.357 e. The molecule has 1 aromatic heterocycles. The number of halogens is 1. The van der Waals surface area contributed by atoms with Gasteiger partial charge in [0.15, 0.2) is 5.96 Å². The first-order valence-electron chi connectivity index (χ1n) is 10.8. The van der Waals surface area contributed by atoms with Crippen molar-refractivity contribution in [2.24, 2.45) is 4.99 Å². The maximum absolute atomic E-state index is 11.8. The zero-order chi connectivity index (χ0) is 21.2. The summed E-state index contributed by atoms with van der Waals surface area (Å²) in [5, 5.41) is 6.37. The molecular weight excluding hydrogens is 503 g/mol. The molecule has 0 aliphatic carbocycles. The molecule has 2 N–H and O–H groups in total. The van der Waals surface area contributed by atoms with E-state index in [4.69, 9.17) is 4.99 Å². The lowest BCUT2D eigenvalue weighted by molar-refractivity contribution is -0.116. The number of carbonyl (C=O) groups excluding carboxylic acids is 1. The van der Waals surface area contributed by atoms with Gasteiger partial charge < -0.3 is 20.4 Å². The van der Waals surface area contributed by atoms with Crippen LogP contribution in [0.3, 0.4) is 0 Å². The van der Waals surface area contributed by atoms with Gasteiger partial charge in [0.1, 0.15) is 5.82 Å². The van der Waals surface area contributed by atoms with E-state index in [-0.39, 0.29) is 29.9 Å². The van der Waals surface area contributed by atoms with Crippen LogP contribution in [0.5, 0.6) is 0 Å². The minimum absolute atomic E-state index is 0. The molecule has 0 bridgehead atoms. The van der Waals surface area contributed by atoms with Crippen LogP contribution in [0.15, 0.2) is 53.7 Å². The van der Waals surface area contributed by atoms with Crippen molar-refractivity contribution in [1.29, 1.82) is 0 Å². The van der Waals surface area contributed by atoms with Gasteiger partial charge in [-0.3, -0.25) is 4.79 Å². The Morgan fingerprint density at radius 3 is 2.58 bits per heavy atom. The van der Waals surface area contributed by atoms with Crippen molar-refractivity contribution in [1.82, 2.24) is 15.2 Å². The molecule has 0 atom stereocenters. The van der Waals surface area contributed by atoms with Crippen molar-refractivity contribution in [2.45, 2.75) is 33.2 Å². The number of hydrogen-bond acceptors (Lipinski definition) is 4. The Balaban J connectivity index is 0.00000341. The van der Waals surface area contributed by atoms with E-state index < -0.39 is 0 Å². The summed E-state index contributed by atoms with van der Waals surface area (Å²) in [6, 6.07) is 14.0. The molecule has 7 nitrogen and oxygen atoms in total. The number of pyridine rings is 1. The van der Waals surface area contributed by atoms with Crippen LogP contribution in [0, 0.1) is 0 Å². The van der Waals surface area contributed by atoms with Gasteiger partial charge in [0, 0.05) is 51.0 Å². The van der Waals surface area contributed by atoms with E-state index in [1.807, 2.05) is 49.5 Å². The molecule has 1 aliphatic rings. The Hall–Kier alpha value is -2.36. The monoisotopic (exact) mass is 536 g/mol. The van der Waals surface area contributed by atoms with Crippen molar-refractivity contribution in [3.8, 4) is 0 Å². The highest BCUT2D eigenvalue weighted by Crippen LogP contribution is 2.14. The summed E-state index contributed by atoms with van der Waals surface area (Å²) in [5.41, 5.74) is 1.90. The molecule has 1 amide bonds. The van der Waals surface area contributed by atoms with Gasteiger partial charge in [-0.1, -0.05) is 25.1 Å². The quantitative estimate of drug-likeness (QED) is 0.321. The molecule has 1 fully saturated rings. The van der Waals surface area contributed by atoms with Gasteiger partial charge >= 0.3 is 0 Å². The highest BCUT2D eigenvalue weighted by Gasteiger charge is 2.20. The summed E-state index contributed by atoms with van der Waals surface area (Å²) in [7, 11) is 0. The van der Waals surface area contributed by atoms with E-state index in [0.717, 1.165) is 62.2 Å². The summed E-state index contributed by atoms with van der Waals surface area (Å²) in [5.74, 6) is 2.01. The van der Waals surface area contributed by atoms with E-state index in [0.29, 0.717) is 13.0 Å². The van der Waals surface area contributed by atoms with Gasteiger partial charge in [-0.25, -0.2) is 9.98 Å². The maximum atomic E-state index is 11.8. The molecular formula is C23H33IN6O.